The lowest BCUT2D eigenvalue weighted by Gasteiger charge is -2.34. The van der Waals surface area contributed by atoms with Crippen LogP contribution in [-0.2, 0) is 4.79 Å². The van der Waals surface area contributed by atoms with E-state index in [2.05, 4.69) is 17.1 Å². The van der Waals surface area contributed by atoms with Gasteiger partial charge in [-0.1, -0.05) is 18.5 Å². The van der Waals surface area contributed by atoms with E-state index >= 15 is 0 Å². The van der Waals surface area contributed by atoms with Crippen molar-refractivity contribution in [3.8, 4) is 0 Å². The lowest BCUT2D eigenvalue weighted by molar-refractivity contribution is -0.134. The molecular formula is C18H28Cl2N2OS. The molecule has 1 heterocycles. The molecule has 1 aliphatic rings. The predicted octanol–water partition coefficient (Wildman–Crippen LogP) is 4.62. The molecule has 0 aromatic heterocycles. The zero-order chi connectivity index (χ0) is 16.5. The van der Waals surface area contributed by atoms with Gasteiger partial charge in [0.2, 0.25) is 5.91 Å². The summed E-state index contributed by atoms with van der Waals surface area (Å²) in [6.45, 7) is 5.11. The van der Waals surface area contributed by atoms with Gasteiger partial charge in [0, 0.05) is 28.9 Å². The summed E-state index contributed by atoms with van der Waals surface area (Å²) >= 11 is 7.68. The Bertz CT molecular complexity index is 478. The first kappa shape index (κ1) is 21.6. The number of piperidine rings is 1. The van der Waals surface area contributed by atoms with Crippen molar-refractivity contribution in [3.05, 3.63) is 29.3 Å². The lowest BCUT2D eigenvalue weighted by Crippen LogP contribution is -2.46. The second-order valence-electron chi connectivity index (χ2n) is 5.97. The standard InChI is InChI=1S/C18H27ClN2OS.ClH/c1-2-13-21(16-9-11-20-12-10-16)18(22)4-3-14-23-17-7-5-15(19)6-8-17;/h5-8,16,20H,2-4,9-14H2,1H3;1H. The van der Waals surface area contributed by atoms with Crippen LogP contribution in [0.4, 0.5) is 0 Å². The lowest BCUT2D eigenvalue weighted by atomic mass is 10.0. The van der Waals surface area contributed by atoms with E-state index < -0.39 is 0 Å². The average Bonchev–Trinajstić information content (AvgIpc) is 2.58. The van der Waals surface area contributed by atoms with Crippen LogP contribution in [0, 0.1) is 0 Å². The fourth-order valence-corrected chi connectivity index (χ4v) is 3.94. The Labute approximate surface area is 161 Å². The van der Waals surface area contributed by atoms with Crippen LogP contribution in [0.1, 0.15) is 39.0 Å². The van der Waals surface area contributed by atoms with Gasteiger partial charge < -0.3 is 10.2 Å². The molecule has 3 nitrogen and oxygen atoms in total. The summed E-state index contributed by atoms with van der Waals surface area (Å²) in [5.41, 5.74) is 0. The molecule has 24 heavy (non-hydrogen) atoms. The first-order valence-electron chi connectivity index (χ1n) is 8.59. The number of hydrogen-bond acceptors (Lipinski definition) is 3. The second-order valence-corrected chi connectivity index (χ2v) is 7.58. The fraction of sp³-hybridized carbons (Fsp3) is 0.611. The molecule has 0 spiro atoms. The van der Waals surface area contributed by atoms with E-state index in [1.807, 2.05) is 24.3 Å². The van der Waals surface area contributed by atoms with Crippen molar-refractivity contribution in [2.24, 2.45) is 0 Å². The molecule has 1 amide bonds. The fourth-order valence-electron chi connectivity index (χ4n) is 2.96. The number of amides is 1. The van der Waals surface area contributed by atoms with E-state index in [4.69, 9.17) is 11.6 Å². The third-order valence-corrected chi connectivity index (χ3v) is 5.50. The zero-order valence-corrected chi connectivity index (χ0v) is 16.7. The van der Waals surface area contributed by atoms with E-state index in [1.165, 1.54) is 4.90 Å². The van der Waals surface area contributed by atoms with Gasteiger partial charge in [0.05, 0.1) is 0 Å². The molecule has 1 aliphatic heterocycles. The van der Waals surface area contributed by atoms with Crippen LogP contribution < -0.4 is 5.32 Å². The Morgan fingerprint density at radius 1 is 1.29 bits per heavy atom. The van der Waals surface area contributed by atoms with Crippen LogP contribution >= 0.6 is 35.8 Å². The molecule has 1 aromatic rings. The quantitative estimate of drug-likeness (QED) is 0.518. The molecule has 0 radical (unpaired) electrons. The van der Waals surface area contributed by atoms with Crippen molar-refractivity contribution < 1.29 is 4.79 Å². The van der Waals surface area contributed by atoms with Gasteiger partial charge in [-0.05, 0) is 68.8 Å². The highest BCUT2D eigenvalue weighted by Crippen LogP contribution is 2.22. The monoisotopic (exact) mass is 390 g/mol. The van der Waals surface area contributed by atoms with Gasteiger partial charge in [-0.15, -0.1) is 24.2 Å². The normalized spacial score (nSPS) is 14.9. The van der Waals surface area contributed by atoms with Crippen molar-refractivity contribution in [1.29, 1.82) is 0 Å². The van der Waals surface area contributed by atoms with Gasteiger partial charge in [0.25, 0.3) is 0 Å². The van der Waals surface area contributed by atoms with Gasteiger partial charge in [-0.3, -0.25) is 4.79 Å². The SMILES string of the molecule is CCCN(C(=O)CCCSc1ccc(Cl)cc1)C1CCNCC1.Cl. The minimum atomic E-state index is 0. The summed E-state index contributed by atoms with van der Waals surface area (Å²) in [6, 6.07) is 8.33. The first-order valence-corrected chi connectivity index (χ1v) is 9.95. The second kappa shape index (κ2) is 12.0. The highest BCUT2D eigenvalue weighted by atomic mass is 35.5. The van der Waals surface area contributed by atoms with Gasteiger partial charge in [0.1, 0.15) is 0 Å². The summed E-state index contributed by atoms with van der Waals surface area (Å²) in [5, 5.41) is 4.14. The summed E-state index contributed by atoms with van der Waals surface area (Å²) in [7, 11) is 0. The Balaban J connectivity index is 0.00000288. The molecular weight excluding hydrogens is 363 g/mol. The maximum absolute atomic E-state index is 12.6. The number of hydrogen-bond donors (Lipinski definition) is 1. The Morgan fingerprint density at radius 3 is 2.58 bits per heavy atom. The van der Waals surface area contributed by atoms with Crippen molar-refractivity contribution in [3.63, 3.8) is 0 Å². The molecule has 1 saturated heterocycles. The van der Waals surface area contributed by atoms with E-state index in [1.54, 1.807) is 11.8 Å². The maximum atomic E-state index is 12.6. The van der Waals surface area contributed by atoms with Crippen LogP contribution in [0.2, 0.25) is 5.02 Å². The van der Waals surface area contributed by atoms with Gasteiger partial charge in [0.15, 0.2) is 0 Å². The molecule has 0 saturated carbocycles. The number of halogens is 2. The van der Waals surface area contributed by atoms with E-state index in [0.717, 1.165) is 56.1 Å². The minimum absolute atomic E-state index is 0. The van der Waals surface area contributed by atoms with E-state index in [0.29, 0.717) is 18.4 Å². The van der Waals surface area contributed by atoms with Crippen LogP contribution in [0.15, 0.2) is 29.2 Å². The molecule has 6 heteroatoms. The van der Waals surface area contributed by atoms with Crippen LogP contribution in [0.25, 0.3) is 0 Å². The van der Waals surface area contributed by atoms with Gasteiger partial charge in [-0.25, -0.2) is 0 Å². The van der Waals surface area contributed by atoms with E-state index in [9.17, 15) is 4.79 Å². The molecule has 0 aliphatic carbocycles. The summed E-state index contributed by atoms with van der Waals surface area (Å²) in [4.78, 5) is 15.9. The van der Waals surface area contributed by atoms with Gasteiger partial charge in [-0.2, -0.15) is 0 Å². The molecule has 1 N–H and O–H groups in total. The first-order chi connectivity index (χ1) is 11.2. The van der Waals surface area contributed by atoms with Crippen LogP contribution in [0.3, 0.4) is 0 Å². The van der Waals surface area contributed by atoms with Gasteiger partial charge >= 0.3 is 0 Å². The Hall–Kier alpha value is -0.420. The summed E-state index contributed by atoms with van der Waals surface area (Å²) < 4.78 is 0. The Morgan fingerprint density at radius 2 is 1.96 bits per heavy atom. The van der Waals surface area contributed by atoms with Crippen molar-refractivity contribution >= 4 is 41.7 Å². The molecule has 0 unspecified atom stereocenters. The Kier molecular flexibility index (Phi) is 10.8. The minimum Gasteiger partial charge on any atom is -0.340 e. The average molecular weight is 391 g/mol. The van der Waals surface area contributed by atoms with E-state index in [-0.39, 0.29) is 12.4 Å². The molecule has 1 fully saturated rings. The summed E-state index contributed by atoms with van der Waals surface area (Å²) in [6.07, 6.45) is 4.80. The highest BCUT2D eigenvalue weighted by molar-refractivity contribution is 7.99. The zero-order valence-electron chi connectivity index (χ0n) is 14.3. The number of benzene rings is 1. The number of rotatable bonds is 8. The smallest absolute Gasteiger partial charge is 0.222 e. The summed E-state index contributed by atoms with van der Waals surface area (Å²) in [5.74, 6) is 1.30. The molecule has 2 rings (SSSR count). The van der Waals surface area contributed by atoms with Crippen molar-refractivity contribution in [2.75, 3.05) is 25.4 Å². The molecule has 1 aromatic carbocycles. The predicted molar refractivity (Wildman–Crippen MR) is 107 cm³/mol. The maximum Gasteiger partial charge on any atom is 0.222 e. The number of carbonyl (C=O) groups excluding carboxylic acids is 1. The topological polar surface area (TPSA) is 32.3 Å². The largest absolute Gasteiger partial charge is 0.340 e. The molecule has 136 valence electrons. The number of thioether (sulfide) groups is 1. The third kappa shape index (κ3) is 7.22. The van der Waals surface area contributed by atoms with Crippen LogP contribution in [-0.4, -0.2) is 42.2 Å². The van der Waals surface area contributed by atoms with Crippen molar-refractivity contribution in [1.82, 2.24) is 10.2 Å². The van der Waals surface area contributed by atoms with Crippen LogP contribution in [0.5, 0.6) is 0 Å². The third-order valence-electron chi connectivity index (χ3n) is 4.15. The number of nitrogens with zero attached hydrogens (tertiary/aromatic N) is 1. The highest BCUT2D eigenvalue weighted by Gasteiger charge is 2.23. The number of carbonyl (C=O) groups is 1. The molecule has 0 bridgehead atoms. The molecule has 0 atom stereocenters. The number of nitrogens with one attached hydrogen (secondary N) is 1. The van der Waals surface area contributed by atoms with Crippen molar-refractivity contribution in [2.45, 2.75) is 50.0 Å².